The van der Waals surface area contributed by atoms with Gasteiger partial charge < -0.3 is 9.47 Å². The molecular weight excluding hydrogens is 381 g/mol. The summed E-state index contributed by atoms with van der Waals surface area (Å²) in [5.74, 6) is 1.37. The van der Waals surface area contributed by atoms with Crippen molar-refractivity contribution in [2.45, 2.75) is 50.7 Å². The van der Waals surface area contributed by atoms with Gasteiger partial charge in [0.2, 0.25) is 11.7 Å². The highest BCUT2D eigenvalue weighted by molar-refractivity contribution is 14.1. The highest BCUT2D eigenvalue weighted by Gasteiger charge is 2.61. The van der Waals surface area contributed by atoms with Gasteiger partial charge >= 0.3 is 0 Å². The van der Waals surface area contributed by atoms with Gasteiger partial charge in [0, 0.05) is 17.8 Å². The molecule has 1 aliphatic carbocycles. The topological polar surface area (TPSA) is 48.7 Å². The molecule has 0 atom stereocenters. The predicted molar refractivity (Wildman–Crippen MR) is 86.7 cm³/mol. The predicted octanol–water partition coefficient (Wildman–Crippen LogP) is 2.94. The Balaban J connectivity index is 1.74. The molecular formula is C15H18IN3O2. The van der Waals surface area contributed by atoms with E-state index < -0.39 is 0 Å². The lowest BCUT2D eigenvalue weighted by Gasteiger charge is -2.41. The van der Waals surface area contributed by atoms with Crippen LogP contribution in [0.1, 0.15) is 39.3 Å². The average Bonchev–Trinajstić information content (AvgIpc) is 2.99. The van der Waals surface area contributed by atoms with Crippen LogP contribution in [0.3, 0.4) is 0 Å². The van der Waals surface area contributed by atoms with Crippen molar-refractivity contribution in [3.05, 3.63) is 21.7 Å². The van der Waals surface area contributed by atoms with Crippen LogP contribution >= 0.6 is 22.6 Å². The van der Waals surface area contributed by atoms with Crippen LogP contribution in [0.4, 0.5) is 0 Å². The van der Waals surface area contributed by atoms with Crippen LogP contribution in [0.5, 0.6) is 5.88 Å². The molecule has 0 spiro atoms. The molecule has 1 saturated carbocycles. The summed E-state index contributed by atoms with van der Waals surface area (Å²) >= 11 is 2.25. The van der Waals surface area contributed by atoms with E-state index in [0.717, 1.165) is 28.7 Å². The SMILES string of the molecule is CC(C)Oc1nc2nc(C34COC(C)(C3)C4)cn2cc1I. The standard InChI is InChI=1S/C15H18IN3O2/c1-9(2)21-12-10(16)4-19-5-11(17-13(19)18-12)15-6-14(3,7-15)20-8-15/h4-5,9H,6-8H2,1-3H3. The number of fused-ring (bicyclic) bond motifs is 2. The zero-order chi connectivity index (χ0) is 14.8. The van der Waals surface area contributed by atoms with E-state index in [1.54, 1.807) is 0 Å². The van der Waals surface area contributed by atoms with Gasteiger partial charge in [0.05, 0.1) is 27.6 Å². The minimum atomic E-state index is 0.0730. The van der Waals surface area contributed by atoms with Crippen LogP contribution in [-0.4, -0.2) is 32.7 Å². The van der Waals surface area contributed by atoms with E-state index in [4.69, 9.17) is 14.5 Å². The summed E-state index contributed by atoms with van der Waals surface area (Å²) < 4.78 is 14.6. The number of rotatable bonds is 3. The number of aromatic nitrogens is 3. The normalized spacial score (nSPS) is 30.9. The van der Waals surface area contributed by atoms with E-state index in [-0.39, 0.29) is 17.1 Å². The second kappa shape index (κ2) is 4.32. The molecule has 0 unspecified atom stereocenters. The molecule has 2 aliphatic heterocycles. The van der Waals surface area contributed by atoms with Crippen molar-refractivity contribution in [3.63, 3.8) is 0 Å². The van der Waals surface area contributed by atoms with Crippen LogP contribution in [0.15, 0.2) is 12.4 Å². The maximum absolute atomic E-state index is 5.87. The summed E-state index contributed by atoms with van der Waals surface area (Å²) in [6.45, 7) is 6.97. The molecule has 3 fully saturated rings. The summed E-state index contributed by atoms with van der Waals surface area (Å²) in [6, 6.07) is 0. The fourth-order valence-electron chi connectivity index (χ4n) is 3.60. The van der Waals surface area contributed by atoms with Crippen molar-refractivity contribution >= 4 is 28.4 Å². The van der Waals surface area contributed by atoms with Gasteiger partial charge in [-0.25, -0.2) is 4.98 Å². The van der Waals surface area contributed by atoms with Crippen LogP contribution in [0.2, 0.25) is 0 Å². The lowest BCUT2D eigenvalue weighted by Crippen LogP contribution is -2.45. The van der Waals surface area contributed by atoms with E-state index >= 15 is 0 Å². The number of imidazole rings is 1. The summed E-state index contributed by atoms with van der Waals surface area (Å²) in [5, 5.41) is 0. The molecule has 21 heavy (non-hydrogen) atoms. The van der Waals surface area contributed by atoms with Crippen molar-refractivity contribution in [2.75, 3.05) is 6.61 Å². The fraction of sp³-hybridized carbons (Fsp3) is 0.600. The molecule has 2 aromatic rings. The van der Waals surface area contributed by atoms with Crippen LogP contribution in [-0.2, 0) is 10.2 Å². The highest BCUT2D eigenvalue weighted by Crippen LogP contribution is 2.58. The van der Waals surface area contributed by atoms with E-state index in [9.17, 15) is 0 Å². The van der Waals surface area contributed by atoms with E-state index in [0.29, 0.717) is 11.7 Å². The Bertz CT molecular complexity index is 719. The van der Waals surface area contributed by atoms with Crippen LogP contribution in [0, 0.1) is 3.57 Å². The quantitative estimate of drug-likeness (QED) is 0.745. The van der Waals surface area contributed by atoms with Gasteiger partial charge in [0.15, 0.2) is 0 Å². The first kappa shape index (κ1) is 13.8. The molecule has 4 heterocycles. The van der Waals surface area contributed by atoms with Gasteiger partial charge in [-0.1, -0.05) is 0 Å². The number of nitrogens with zero attached hydrogens (tertiary/aromatic N) is 3. The molecule has 5 nitrogen and oxygen atoms in total. The molecule has 0 aromatic carbocycles. The van der Waals surface area contributed by atoms with Crippen molar-refractivity contribution < 1.29 is 9.47 Å². The van der Waals surface area contributed by atoms with E-state index in [1.165, 1.54) is 0 Å². The lowest BCUT2D eigenvalue weighted by atomic mass is 9.62. The summed E-state index contributed by atoms with van der Waals surface area (Å²) in [6.07, 6.45) is 6.36. The summed E-state index contributed by atoms with van der Waals surface area (Å²) in [7, 11) is 0. The Morgan fingerprint density at radius 3 is 2.71 bits per heavy atom. The molecule has 2 saturated heterocycles. The molecule has 2 aromatic heterocycles. The third-order valence-corrected chi connectivity index (χ3v) is 5.12. The molecule has 5 rings (SSSR count). The number of halogens is 1. The molecule has 3 aliphatic rings. The molecule has 6 heteroatoms. The first-order valence-electron chi connectivity index (χ1n) is 7.26. The average molecular weight is 399 g/mol. The van der Waals surface area contributed by atoms with Gasteiger partial charge in [-0.05, 0) is 56.2 Å². The Morgan fingerprint density at radius 2 is 2.10 bits per heavy atom. The second-order valence-corrected chi connectivity index (χ2v) is 7.93. The van der Waals surface area contributed by atoms with Gasteiger partial charge in [-0.2, -0.15) is 4.98 Å². The number of hydrogen-bond donors (Lipinski definition) is 0. The van der Waals surface area contributed by atoms with E-state index in [2.05, 4.69) is 40.7 Å². The maximum Gasteiger partial charge on any atom is 0.237 e. The molecule has 112 valence electrons. The molecule has 2 bridgehead atoms. The minimum Gasteiger partial charge on any atom is -0.474 e. The largest absolute Gasteiger partial charge is 0.474 e. The maximum atomic E-state index is 5.87. The third kappa shape index (κ3) is 2.06. The first-order chi connectivity index (χ1) is 9.89. The smallest absolute Gasteiger partial charge is 0.237 e. The lowest BCUT2D eigenvalue weighted by molar-refractivity contribution is 0.0154. The van der Waals surface area contributed by atoms with E-state index in [1.807, 2.05) is 24.4 Å². The van der Waals surface area contributed by atoms with Gasteiger partial charge in [-0.15, -0.1) is 0 Å². The molecule has 0 N–H and O–H groups in total. The van der Waals surface area contributed by atoms with Crippen LogP contribution in [0.25, 0.3) is 5.78 Å². The van der Waals surface area contributed by atoms with Crippen molar-refractivity contribution in [1.82, 2.24) is 14.4 Å². The monoisotopic (exact) mass is 399 g/mol. The first-order valence-corrected chi connectivity index (χ1v) is 8.33. The molecule has 0 radical (unpaired) electrons. The Hall–Kier alpha value is -0.890. The Kier molecular flexibility index (Phi) is 2.83. The minimum absolute atomic E-state index is 0.0730. The van der Waals surface area contributed by atoms with Gasteiger partial charge in [0.25, 0.3) is 0 Å². The zero-order valence-corrected chi connectivity index (χ0v) is 14.5. The number of hydrogen-bond acceptors (Lipinski definition) is 4. The Morgan fingerprint density at radius 1 is 1.33 bits per heavy atom. The highest BCUT2D eigenvalue weighted by atomic mass is 127. The molecule has 0 amide bonds. The summed E-state index contributed by atoms with van der Waals surface area (Å²) in [5.41, 5.74) is 1.28. The van der Waals surface area contributed by atoms with Gasteiger partial charge in [-0.3, -0.25) is 4.40 Å². The van der Waals surface area contributed by atoms with Gasteiger partial charge in [0.1, 0.15) is 0 Å². The van der Waals surface area contributed by atoms with Crippen LogP contribution < -0.4 is 4.74 Å². The number of ether oxygens (including phenoxy) is 2. The zero-order valence-electron chi connectivity index (χ0n) is 12.4. The summed E-state index contributed by atoms with van der Waals surface area (Å²) in [4.78, 5) is 9.29. The van der Waals surface area contributed by atoms with Crippen molar-refractivity contribution in [1.29, 1.82) is 0 Å². The Labute approximate surface area is 137 Å². The van der Waals surface area contributed by atoms with Crippen molar-refractivity contribution in [2.24, 2.45) is 0 Å². The second-order valence-electron chi connectivity index (χ2n) is 6.77. The van der Waals surface area contributed by atoms with Crippen molar-refractivity contribution in [3.8, 4) is 5.88 Å². The fourth-order valence-corrected chi connectivity index (χ4v) is 4.14. The third-order valence-electron chi connectivity index (χ3n) is 4.38.